The van der Waals surface area contributed by atoms with Crippen molar-refractivity contribution in [3.05, 3.63) is 35.9 Å². The van der Waals surface area contributed by atoms with Gasteiger partial charge in [-0.3, -0.25) is 4.79 Å². The molecule has 1 aliphatic carbocycles. The fourth-order valence-electron chi connectivity index (χ4n) is 4.82. The van der Waals surface area contributed by atoms with E-state index in [2.05, 4.69) is 17.2 Å². The van der Waals surface area contributed by atoms with E-state index in [4.69, 9.17) is 14.5 Å². The van der Waals surface area contributed by atoms with Crippen molar-refractivity contribution < 1.29 is 14.3 Å². The maximum Gasteiger partial charge on any atom is 0.227 e. The summed E-state index contributed by atoms with van der Waals surface area (Å²) >= 11 is 0. The average molecular weight is 450 g/mol. The molecule has 0 spiro atoms. The lowest BCUT2D eigenvalue weighted by atomic mass is 9.79. The Bertz CT molecular complexity index is 1070. The Labute approximate surface area is 196 Å². The highest BCUT2D eigenvalue weighted by molar-refractivity contribution is 5.94. The fourth-order valence-corrected chi connectivity index (χ4v) is 4.82. The van der Waals surface area contributed by atoms with Gasteiger partial charge >= 0.3 is 0 Å². The van der Waals surface area contributed by atoms with Crippen LogP contribution in [0.4, 0.5) is 5.69 Å². The first-order valence-electron chi connectivity index (χ1n) is 12.1. The van der Waals surface area contributed by atoms with Crippen LogP contribution in [0.5, 0.6) is 11.5 Å². The number of fused-ring (bicyclic) bond motifs is 1. The molecule has 0 saturated heterocycles. The molecule has 2 N–H and O–H groups in total. The standard InChI is InChI=1S/C27H35N3O3/c1-5-6-7-18-9-12-19(13-10-18)27(31)30-21-14-20(11-8-17(21)2)26-28-22-15-24(32-3)25(33-4)16-23(22)29-26/h8,11,14-16,18-19H,5-7,9-10,12-13H2,1-4H3,(H,28,29)(H,30,31). The lowest BCUT2D eigenvalue weighted by Gasteiger charge is -2.28. The first-order chi connectivity index (χ1) is 16.0. The molecular weight excluding hydrogens is 414 g/mol. The molecule has 1 fully saturated rings. The number of nitrogens with zero attached hydrogens (tertiary/aromatic N) is 1. The highest BCUT2D eigenvalue weighted by atomic mass is 16.5. The van der Waals surface area contributed by atoms with E-state index in [0.29, 0.717) is 11.5 Å². The Morgan fingerprint density at radius 3 is 2.52 bits per heavy atom. The Kier molecular flexibility index (Phi) is 7.21. The molecule has 33 heavy (non-hydrogen) atoms. The summed E-state index contributed by atoms with van der Waals surface area (Å²) in [5, 5.41) is 3.20. The number of rotatable bonds is 8. The maximum atomic E-state index is 13.0. The molecule has 3 aromatic rings. The Hall–Kier alpha value is -3.02. The SMILES string of the molecule is CCCCC1CCC(C(=O)Nc2cc(-c3nc4cc(OC)c(OC)cc4[nH]3)ccc2C)CC1. The van der Waals surface area contributed by atoms with Crippen LogP contribution in [0.3, 0.4) is 0 Å². The fraction of sp³-hybridized carbons (Fsp3) is 0.481. The molecular formula is C27H35N3O3. The van der Waals surface area contributed by atoms with E-state index in [9.17, 15) is 4.79 Å². The molecule has 4 rings (SSSR count). The summed E-state index contributed by atoms with van der Waals surface area (Å²) in [7, 11) is 3.23. The summed E-state index contributed by atoms with van der Waals surface area (Å²) in [5.41, 5.74) is 4.49. The third-order valence-corrected chi connectivity index (χ3v) is 6.94. The minimum atomic E-state index is 0.108. The minimum absolute atomic E-state index is 0.108. The van der Waals surface area contributed by atoms with Crippen molar-refractivity contribution in [2.24, 2.45) is 11.8 Å². The van der Waals surface area contributed by atoms with Crippen LogP contribution >= 0.6 is 0 Å². The number of hydrogen-bond acceptors (Lipinski definition) is 4. The van der Waals surface area contributed by atoms with E-state index in [0.717, 1.165) is 52.4 Å². The van der Waals surface area contributed by atoms with Crippen molar-refractivity contribution in [2.75, 3.05) is 19.5 Å². The molecule has 6 nitrogen and oxygen atoms in total. The van der Waals surface area contributed by atoms with Crippen molar-refractivity contribution in [2.45, 2.75) is 58.8 Å². The normalized spacial score (nSPS) is 18.3. The van der Waals surface area contributed by atoms with E-state index in [1.54, 1.807) is 14.2 Å². The van der Waals surface area contributed by atoms with Crippen molar-refractivity contribution in [3.63, 3.8) is 0 Å². The largest absolute Gasteiger partial charge is 0.493 e. The van der Waals surface area contributed by atoms with Crippen LogP contribution in [-0.4, -0.2) is 30.1 Å². The summed E-state index contributed by atoms with van der Waals surface area (Å²) in [4.78, 5) is 21.1. The number of hydrogen-bond donors (Lipinski definition) is 2. The number of H-pyrrole nitrogens is 1. The predicted octanol–water partition coefficient (Wildman–Crippen LogP) is 6.49. The van der Waals surface area contributed by atoms with Crippen LogP contribution < -0.4 is 14.8 Å². The highest BCUT2D eigenvalue weighted by Crippen LogP contribution is 2.35. The monoisotopic (exact) mass is 449 g/mol. The lowest BCUT2D eigenvalue weighted by Crippen LogP contribution is -2.27. The number of imidazole rings is 1. The highest BCUT2D eigenvalue weighted by Gasteiger charge is 2.26. The quantitative estimate of drug-likeness (QED) is 0.412. The number of aromatic amines is 1. The molecule has 0 bridgehead atoms. The topological polar surface area (TPSA) is 76.2 Å². The zero-order valence-electron chi connectivity index (χ0n) is 20.2. The number of carbonyl (C=O) groups excluding carboxylic acids is 1. The van der Waals surface area contributed by atoms with Crippen LogP contribution in [0.15, 0.2) is 30.3 Å². The number of amides is 1. The number of anilines is 1. The number of nitrogens with one attached hydrogen (secondary N) is 2. The van der Waals surface area contributed by atoms with E-state index >= 15 is 0 Å². The number of aromatic nitrogens is 2. The van der Waals surface area contributed by atoms with Crippen LogP contribution in [0.25, 0.3) is 22.4 Å². The molecule has 2 aromatic carbocycles. The summed E-state index contributed by atoms with van der Waals surface area (Å²) in [6.07, 6.45) is 8.18. The van der Waals surface area contributed by atoms with Crippen LogP contribution in [0.2, 0.25) is 0 Å². The smallest absolute Gasteiger partial charge is 0.227 e. The minimum Gasteiger partial charge on any atom is -0.493 e. The second-order valence-corrected chi connectivity index (χ2v) is 9.19. The van der Waals surface area contributed by atoms with Crippen LogP contribution in [0, 0.1) is 18.8 Å². The average Bonchev–Trinajstić information content (AvgIpc) is 3.26. The zero-order chi connectivity index (χ0) is 23.4. The summed E-state index contributed by atoms with van der Waals surface area (Å²) in [5.74, 6) is 3.09. The predicted molar refractivity (Wildman–Crippen MR) is 133 cm³/mol. The third kappa shape index (κ3) is 5.15. The van der Waals surface area contributed by atoms with Crippen LogP contribution in [-0.2, 0) is 4.79 Å². The lowest BCUT2D eigenvalue weighted by molar-refractivity contribution is -0.121. The number of unbranched alkanes of at least 4 members (excludes halogenated alkanes) is 1. The van der Waals surface area contributed by atoms with Gasteiger partial charge in [0.2, 0.25) is 5.91 Å². The van der Waals surface area contributed by atoms with Gasteiger partial charge in [-0.1, -0.05) is 38.3 Å². The number of ether oxygens (including phenoxy) is 2. The molecule has 6 heteroatoms. The Morgan fingerprint density at radius 1 is 1.09 bits per heavy atom. The van der Waals surface area contributed by atoms with Gasteiger partial charge in [0.25, 0.3) is 0 Å². The molecule has 176 valence electrons. The number of methoxy groups -OCH3 is 2. The van der Waals surface area contributed by atoms with Gasteiger partial charge in [-0.05, 0) is 50.2 Å². The van der Waals surface area contributed by atoms with Gasteiger partial charge < -0.3 is 19.8 Å². The third-order valence-electron chi connectivity index (χ3n) is 6.94. The molecule has 1 heterocycles. The molecule has 1 aliphatic rings. The van der Waals surface area contributed by atoms with E-state index in [1.165, 1.54) is 32.1 Å². The van der Waals surface area contributed by atoms with Gasteiger partial charge in [0.1, 0.15) is 5.82 Å². The van der Waals surface area contributed by atoms with Gasteiger partial charge in [-0.15, -0.1) is 0 Å². The summed E-state index contributed by atoms with van der Waals surface area (Å²) in [6.45, 7) is 4.27. The molecule has 0 unspecified atom stereocenters. The summed E-state index contributed by atoms with van der Waals surface area (Å²) in [6, 6.07) is 9.81. The van der Waals surface area contributed by atoms with Crippen molar-refractivity contribution in [1.29, 1.82) is 0 Å². The van der Waals surface area contributed by atoms with E-state index in [-0.39, 0.29) is 11.8 Å². The number of aryl methyl sites for hydroxylation is 1. The zero-order valence-corrected chi connectivity index (χ0v) is 20.2. The van der Waals surface area contributed by atoms with Gasteiger partial charge in [-0.2, -0.15) is 0 Å². The van der Waals surface area contributed by atoms with E-state index < -0.39 is 0 Å². The second-order valence-electron chi connectivity index (χ2n) is 9.19. The van der Waals surface area contributed by atoms with Crippen LogP contribution in [0.1, 0.15) is 57.4 Å². The molecule has 1 saturated carbocycles. The number of benzene rings is 2. The first-order valence-corrected chi connectivity index (χ1v) is 12.1. The molecule has 0 radical (unpaired) electrons. The van der Waals surface area contributed by atoms with Gasteiger partial charge in [0, 0.05) is 29.3 Å². The maximum absolute atomic E-state index is 13.0. The number of carbonyl (C=O) groups is 1. The van der Waals surface area contributed by atoms with Gasteiger partial charge in [0.05, 0.1) is 25.3 Å². The first kappa shape index (κ1) is 23.1. The van der Waals surface area contributed by atoms with Crippen molar-refractivity contribution in [1.82, 2.24) is 9.97 Å². The van der Waals surface area contributed by atoms with Gasteiger partial charge in [0.15, 0.2) is 11.5 Å². The van der Waals surface area contributed by atoms with Crippen molar-refractivity contribution in [3.8, 4) is 22.9 Å². The molecule has 1 aromatic heterocycles. The molecule has 0 atom stereocenters. The molecule has 1 amide bonds. The Balaban J connectivity index is 1.49. The van der Waals surface area contributed by atoms with Gasteiger partial charge in [-0.25, -0.2) is 4.98 Å². The Morgan fingerprint density at radius 2 is 1.82 bits per heavy atom. The van der Waals surface area contributed by atoms with E-state index in [1.807, 2.05) is 37.3 Å². The summed E-state index contributed by atoms with van der Waals surface area (Å²) < 4.78 is 10.8. The molecule has 0 aliphatic heterocycles. The van der Waals surface area contributed by atoms with Crippen molar-refractivity contribution >= 4 is 22.6 Å². The second kappa shape index (κ2) is 10.3.